The molecule has 0 saturated heterocycles. The van der Waals surface area contributed by atoms with Crippen molar-refractivity contribution in [1.82, 2.24) is 15.7 Å². The van der Waals surface area contributed by atoms with E-state index in [0.29, 0.717) is 17.1 Å². The molecule has 0 aliphatic carbocycles. The zero-order valence-electron chi connectivity index (χ0n) is 17.2. The molecule has 1 aliphatic heterocycles. The van der Waals surface area contributed by atoms with Gasteiger partial charge in [0.15, 0.2) is 5.69 Å². The van der Waals surface area contributed by atoms with E-state index in [9.17, 15) is 22.4 Å². The number of rotatable bonds is 4. The van der Waals surface area contributed by atoms with Crippen LogP contribution in [0.15, 0.2) is 57.7 Å². The summed E-state index contributed by atoms with van der Waals surface area (Å²) in [5.41, 5.74) is 2.04. The summed E-state index contributed by atoms with van der Waals surface area (Å²) in [6.07, 6.45) is -3.59. The van der Waals surface area contributed by atoms with Crippen molar-refractivity contribution in [2.75, 3.05) is 6.54 Å². The Bertz CT molecular complexity index is 1070. The zero-order chi connectivity index (χ0) is 23.3. The minimum Gasteiger partial charge on any atom is -0.291 e. The van der Waals surface area contributed by atoms with Crippen LogP contribution in [0.1, 0.15) is 41.9 Å². The van der Waals surface area contributed by atoms with Crippen LogP contribution in [0.5, 0.6) is 0 Å². The van der Waals surface area contributed by atoms with E-state index in [1.807, 2.05) is 13.8 Å². The normalized spacial score (nSPS) is 15.7. The molecule has 1 aromatic heterocycles. The number of hydrazone groups is 1. The molecule has 2 aromatic rings. The van der Waals surface area contributed by atoms with E-state index in [4.69, 9.17) is 0 Å². The topological polar surface area (TPSA) is 91.1 Å². The first-order chi connectivity index (χ1) is 15.1. The molecule has 32 heavy (non-hydrogen) atoms. The van der Waals surface area contributed by atoms with Gasteiger partial charge in [-0.05, 0) is 35.7 Å². The van der Waals surface area contributed by atoms with Gasteiger partial charge in [0.1, 0.15) is 11.7 Å². The summed E-state index contributed by atoms with van der Waals surface area (Å²) >= 11 is 0. The molecule has 2 N–H and O–H groups in total. The smallest absolute Gasteiger partial charge is 0.291 e. The van der Waals surface area contributed by atoms with Crippen molar-refractivity contribution in [2.45, 2.75) is 26.4 Å². The molecule has 1 amide bonds. The highest BCUT2D eigenvalue weighted by atomic mass is 19.4. The second-order valence-corrected chi connectivity index (χ2v) is 7.32. The molecule has 1 aromatic carbocycles. The minimum atomic E-state index is -4.79. The molecule has 3 rings (SSSR count). The number of halogens is 4. The van der Waals surface area contributed by atoms with E-state index in [1.165, 1.54) is 18.2 Å². The van der Waals surface area contributed by atoms with Crippen LogP contribution in [0.4, 0.5) is 17.6 Å². The number of nitrogens with one attached hydrogen (secondary N) is 2. The number of nitrogens with zero attached hydrogens (tertiary/aromatic N) is 4. The monoisotopic (exact) mass is 448 g/mol. The van der Waals surface area contributed by atoms with Gasteiger partial charge in [0.25, 0.3) is 5.91 Å². The van der Waals surface area contributed by atoms with E-state index >= 15 is 0 Å². The number of aliphatic imine (C=N–C) groups is 2. The first kappa shape index (κ1) is 23.0. The summed E-state index contributed by atoms with van der Waals surface area (Å²) in [7, 11) is 0. The van der Waals surface area contributed by atoms with Gasteiger partial charge in [-0.3, -0.25) is 25.5 Å². The standard InChI is InChI=1S/C21H20F4N6O/c1-12(2)11-27-20(29-19(32)15-4-3-9-26-18(15)21(23,24)25)28-17-10-16(30-31-17)13-5-7-14(22)8-6-13/h3-9,12H,10-11H2,1-2H3,(H2,27,28,29,31,32). The Kier molecular flexibility index (Phi) is 6.96. The lowest BCUT2D eigenvalue weighted by Gasteiger charge is -2.12. The van der Waals surface area contributed by atoms with E-state index in [-0.39, 0.29) is 30.7 Å². The maximum absolute atomic E-state index is 13.2. The molecule has 0 bridgehead atoms. The van der Waals surface area contributed by atoms with Gasteiger partial charge in [0.05, 0.1) is 17.7 Å². The summed E-state index contributed by atoms with van der Waals surface area (Å²) in [6, 6.07) is 8.00. The van der Waals surface area contributed by atoms with Crippen LogP contribution >= 0.6 is 0 Å². The Morgan fingerprint density at radius 1 is 1.22 bits per heavy atom. The van der Waals surface area contributed by atoms with Gasteiger partial charge in [0, 0.05) is 12.7 Å². The van der Waals surface area contributed by atoms with E-state index in [0.717, 1.165) is 12.3 Å². The van der Waals surface area contributed by atoms with Crippen LogP contribution in [0.3, 0.4) is 0 Å². The van der Waals surface area contributed by atoms with Crippen LogP contribution in [0.2, 0.25) is 0 Å². The van der Waals surface area contributed by atoms with Crippen molar-refractivity contribution in [3.63, 3.8) is 0 Å². The number of benzene rings is 1. The van der Waals surface area contributed by atoms with Crippen LogP contribution in [0.25, 0.3) is 0 Å². The largest absolute Gasteiger partial charge is 0.434 e. The number of hydrogen-bond acceptors (Lipinski definition) is 4. The molecular formula is C21H20F4N6O. The van der Waals surface area contributed by atoms with Gasteiger partial charge in [-0.1, -0.05) is 26.0 Å². The van der Waals surface area contributed by atoms with Gasteiger partial charge in [-0.25, -0.2) is 4.39 Å². The number of amides is 1. The lowest BCUT2D eigenvalue weighted by atomic mass is 10.1. The highest BCUT2D eigenvalue weighted by molar-refractivity contribution is 6.18. The number of amidine groups is 1. The number of alkyl halides is 3. The van der Waals surface area contributed by atoms with Gasteiger partial charge in [0.2, 0.25) is 5.96 Å². The third-order valence-corrected chi connectivity index (χ3v) is 4.23. The van der Waals surface area contributed by atoms with Crippen molar-refractivity contribution in [3.05, 3.63) is 65.2 Å². The molecule has 11 heteroatoms. The molecule has 0 spiro atoms. The van der Waals surface area contributed by atoms with Crippen LogP contribution in [-0.4, -0.2) is 34.9 Å². The van der Waals surface area contributed by atoms with E-state index < -0.39 is 23.3 Å². The number of hydrogen-bond donors (Lipinski definition) is 2. The third-order valence-electron chi connectivity index (χ3n) is 4.23. The number of carbonyl (C=O) groups excluding carboxylic acids is 1. The number of aromatic nitrogens is 1. The predicted octanol–water partition coefficient (Wildman–Crippen LogP) is 3.78. The van der Waals surface area contributed by atoms with Gasteiger partial charge in [-0.15, -0.1) is 0 Å². The first-order valence-electron chi connectivity index (χ1n) is 9.67. The van der Waals surface area contributed by atoms with Crippen LogP contribution < -0.4 is 10.7 Å². The molecule has 7 nitrogen and oxygen atoms in total. The molecule has 2 heterocycles. The molecule has 0 radical (unpaired) electrons. The van der Waals surface area contributed by atoms with Crippen molar-refractivity contribution in [2.24, 2.45) is 21.0 Å². The van der Waals surface area contributed by atoms with Crippen molar-refractivity contribution >= 4 is 23.4 Å². The highest BCUT2D eigenvalue weighted by Gasteiger charge is 2.37. The fourth-order valence-electron chi connectivity index (χ4n) is 2.73. The predicted molar refractivity (Wildman–Crippen MR) is 112 cm³/mol. The first-order valence-corrected chi connectivity index (χ1v) is 9.67. The van der Waals surface area contributed by atoms with Crippen molar-refractivity contribution in [3.8, 4) is 0 Å². The Morgan fingerprint density at radius 2 is 1.94 bits per heavy atom. The molecule has 0 atom stereocenters. The molecule has 168 valence electrons. The fourth-order valence-corrected chi connectivity index (χ4v) is 2.73. The molecule has 0 saturated carbocycles. The zero-order valence-corrected chi connectivity index (χ0v) is 17.2. The maximum atomic E-state index is 13.2. The maximum Gasteiger partial charge on any atom is 0.434 e. The summed E-state index contributed by atoms with van der Waals surface area (Å²) in [5.74, 6) is -1.12. The Morgan fingerprint density at radius 3 is 2.59 bits per heavy atom. The number of pyridine rings is 1. The van der Waals surface area contributed by atoms with E-state index in [1.54, 1.807) is 12.1 Å². The molecule has 0 fully saturated rings. The number of guanidine groups is 1. The molecular weight excluding hydrogens is 428 g/mol. The van der Waals surface area contributed by atoms with Crippen molar-refractivity contribution in [1.29, 1.82) is 0 Å². The SMILES string of the molecule is CC(C)CN=C(N=C1CC(c2ccc(F)cc2)=NN1)NC(=O)c1cccnc1C(F)(F)F. The van der Waals surface area contributed by atoms with Gasteiger partial charge in [-0.2, -0.15) is 23.3 Å². The van der Waals surface area contributed by atoms with Gasteiger partial charge < -0.3 is 0 Å². The average Bonchev–Trinajstić information content (AvgIpc) is 3.20. The second-order valence-electron chi connectivity index (χ2n) is 7.32. The Hall–Kier alpha value is -3.63. The third kappa shape index (κ3) is 5.96. The summed E-state index contributed by atoms with van der Waals surface area (Å²) in [4.78, 5) is 24.3. The summed E-state index contributed by atoms with van der Waals surface area (Å²) < 4.78 is 52.7. The highest BCUT2D eigenvalue weighted by Crippen LogP contribution is 2.29. The van der Waals surface area contributed by atoms with Crippen LogP contribution in [-0.2, 0) is 6.18 Å². The molecule has 0 unspecified atom stereocenters. The minimum absolute atomic E-state index is 0.119. The Labute approximate surface area is 181 Å². The lowest BCUT2D eigenvalue weighted by Crippen LogP contribution is -2.33. The van der Waals surface area contributed by atoms with Crippen molar-refractivity contribution < 1.29 is 22.4 Å². The lowest BCUT2D eigenvalue weighted by molar-refractivity contribution is -0.141. The number of carbonyl (C=O) groups is 1. The average molecular weight is 448 g/mol. The molecule has 1 aliphatic rings. The quantitative estimate of drug-likeness (QED) is 0.424. The van der Waals surface area contributed by atoms with Crippen LogP contribution in [0, 0.1) is 11.7 Å². The van der Waals surface area contributed by atoms with Gasteiger partial charge >= 0.3 is 6.18 Å². The Balaban J connectivity index is 1.81. The van der Waals surface area contributed by atoms with E-state index in [2.05, 4.69) is 30.8 Å². The summed E-state index contributed by atoms with van der Waals surface area (Å²) in [5, 5.41) is 6.47. The fraction of sp³-hybridized carbons (Fsp3) is 0.286. The summed E-state index contributed by atoms with van der Waals surface area (Å²) in [6.45, 7) is 4.07. The second kappa shape index (κ2) is 9.67.